The molecule has 0 spiro atoms. The first-order chi connectivity index (χ1) is 12.0. The minimum Gasteiger partial charge on any atom is -0.467 e. The van der Waals surface area contributed by atoms with Gasteiger partial charge < -0.3 is 15.0 Å². The summed E-state index contributed by atoms with van der Waals surface area (Å²) in [6.07, 6.45) is 3.29. The van der Waals surface area contributed by atoms with Crippen LogP contribution >= 0.6 is 0 Å². The van der Waals surface area contributed by atoms with Crippen LogP contribution in [0.25, 0.3) is 0 Å². The molecule has 0 saturated carbocycles. The number of carbonyl (C=O) groups excluding carboxylic acids is 2. The van der Waals surface area contributed by atoms with E-state index in [0.717, 1.165) is 12.1 Å². The first-order valence-electron chi connectivity index (χ1n) is 8.70. The minimum absolute atomic E-state index is 0.0729. The fourth-order valence-corrected chi connectivity index (χ4v) is 3.82. The van der Waals surface area contributed by atoms with Crippen LogP contribution < -0.4 is 5.32 Å². The third-order valence-electron chi connectivity index (χ3n) is 5.51. The highest BCUT2D eigenvalue weighted by molar-refractivity contribution is 5.92. The third kappa shape index (κ3) is 3.13. The van der Waals surface area contributed by atoms with Gasteiger partial charge >= 0.3 is 5.97 Å². The molecular formula is C19H25N3O3. The van der Waals surface area contributed by atoms with Gasteiger partial charge in [-0.1, -0.05) is 25.1 Å². The molecule has 1 aromatic rings. The van der Waals surface area contributed by atoms with Crippen molar-refractivity contribution in [2.24, 2.45) is 10.9 Å². The van der Waals surface area contributed by atoms with Crippen molar-refractivity contribution in [1.29, 1.82) is 0 Å². The van der Waals surface area contributed by atoms with Crippen molar-refractivity contribution in [2.45, 2.75) is 44.3 Å². The summed E-state index contributed by atoms with van der Waals surface area (Å²) in [6, 6.07) is 8.55. The van der Waals surface area contributed by atoms with Gasteiger partial charge in [-0.05, 0) is 31.9 Å². The van der Waals surface area contributed by atoms with E-state index < -0.39 is 17.6 Å². The molecule has 6 heteroatoms. The Morgan fingerprint density at radius 3 is 2.76 bits per heavy atom. The van der Waals surface area contributed by atoms with Crippen LogP contribution in [-0.2, 0) is 14.3 Å². The molecule has 3 rings (SSSR count). The molecule has 4 atom stereocenters. The monoisotopic (exact) mass is 343 g/mol. The number of rotatable bonds is 3. The number of aliphatic imine (C=N–C) groups is 1. The Kier molecular flexibility index (Phi) is 4.79. The molecule has 2 aliphatic heterocycles. The Morgan fingerprint density at radius 2 is 2.08 bits per heavy atom. The number of fused-ring (bicyclic) bond motifs is 1. The number of ether oxygens (including phenoxy) is 1. The van der Waals surface area contributed by atoms with E-state index in [2.05, 4.69) is 10.3 Å². The summed E-state index contributed by atoms with van der Waals surface area (Å²) in [5, 5.41) is 3.26. The summed E-state index contributed by atoms with van der Waals surface area (Å²) in [5.74, 6) is -0.369. The van der Waals surface area contributed by atoms with Crippen molar-refractivity contribution in [2.75, 3.05) is 19.0 Å². The van der Waals surface area contributed by atoms with Gasteiger partial charge in [0.05, 0.1) is 13.7 Å². The summed E-state index contributed by atoms with van der Waals surface area (Å²) in [7, 11) is 1.37. The van der Waals surface area contributed by atoms with E-state index in [-0.39, 0.29) is 17.8 Å². The molecule has 1 amide bonds. The van der Waals surface area contributed by atoms with Crippen LogP contribution in [0.2, 0.25) is 0 Å². The number of nitrogens with zero attached hydrogens (tertiary/aromatic N) is 2. The van der Waals surface area contributed by atoms with Crippen LogP contribution in [-0.4, -0.2) is 54.3 Å². The second kappa shape index (κ2) is 6.86. The van der Waals surface area contributed by atoms with Crippen molar-refractivity contribution in [1.82, 2.24) is 4.90 Å². The zero-order chi connectivity index (χ0) is 18.0. The van der Waals surface area contributed by atoms with E-state index in [0.29, 0.717) is 13.0 Å². The van der Waals surface area contributed by atoms with Gasteiger partial charge in [-0.2, -0.15) is 0 Å². The Morgan fingerprint density at radius 1 is 1.36 bits per heavy atom. The zero-order valence-corrected chi connectivity index (χ0v) is 14.9. The van der Waals surface area contributed by atoms with E-state index in [1.165, 1.54) is 7.11 Å². The molecule has 6 nitrogen and oxygen atoms in total. The number of methoxy groups -OCH3 is 1. The van der Waals surface area contributed by atoms with Crippen LogP contribution in [0, 0.1) is 5.92 Å². The molecule has 1 fully saturated rings. The van der Waals surface area contributed by atoms with E-state index >= 15 is 0 Å². The smallest absolute Gasteiger partial charge is 0.328 e. The molecule has 25 heavy (non-hydrogen) atoms. The van der Waals surface area contributed by atoms with E-state index in [1.54, 1.807) is 4.90 Å². The number of nitrogens with one attached hydrogen (secondary N) is 1. The summed E-state index contributed by atoms with van der Waals surface area (Å²) in [4.78, 5) is 31.8. The lowest BCUT2D eigenvalue weighted by atomic mass is 9.84. The van der Waals surface area contributed by atoms with Gasteiger partial charge in [-0.25, -0.2) is 4.79 Å². The molecule has 2 aliphatic rings. The van der Waals surface area contributed by atoms with Gasteiger partial charge in [-0.3, -0.25) is 9.79 Å². The van der Waals surface area contributed by atoms with Crippen LogP contribution in [0.5, 0.6) is 0 Å². The standard InChI is InChI=1S/C19H25N3O3/c1-13-11-20-12-15(21-14-7-5-4-6-8-14)17(23)22-16(18(24)25-3)9-10-19(13,22)2/h4-8,11,13,15-16,21H,9-10,12H2,1-3H3/t13?,15?,16-,19+/m0/s1. The Labute approximate surface area is 148 Å². The normalized spacial score (nSPS) is 31.9. The number of carbonyl (C=O) groups is 2. The lowest BCUT2D eigenvalue weighted by molar-refractivity contribution is -0.155. The molecular weight excluding hydrogens is 318 g/mol. The zero-order valence-electron chi connectivity index (χ0n) is 14.9. The number of esters is 1. The van der Waals surface area contributed by atoms with Crippen molar-refractivity contribution >= 4 is 23.8 Å². The Hall–Kier alpha value is -2.37. The third-order valence-corrected chi connectivity index (χ3v) is 5.51. The van der Waals surface area contributed by atoms with Crippen LogP contribution in [0.4, 0.5) is 5.69 Å². The fraction of sp³-hybridized carbons (Fsp3) is 0.526. The van der Waals surface area contributed by atoms with E-state index in [9.17, 15) is 9.59 Å². The number of para-hydroxylation sites is 1. The van der Waals surface area contributed by atoms with Gasteiger partial charge in [0.25, 0.3) is 0 Å². The molecule has 134 valence electrons. The highest BCUT2D eigenvalue weighted by atomic mass is 16.5. The van der Waals surface area contributed by atoms with E-state index in [4.69, 9.17) is 4.74 Å². The number of amides is 1. The van der Waals surface area contributed by atoms with E-state index in [1.807, 2.05) is 50.4 Å². The maximum absolute atomic E-state index is 13.3. The average molecular weight is 343 g/mol. The summed E-state index contributed by atoms with van der Waals surface area (Å²) < 4.78 is 4.95. The van der Waals surface area contributed by atoms with Gasteiger partial charge in [0.1, 0.15) is 12.1 Å². The topological polar surface area (TPSA) is 71.0 Å². The molecule has 0 aliphatic carbocycles. The number of anilines is 1. The molecule has 0 bridgehead atoms. The molecule has 1 saturated heterocycles. The second-order valence-corrected chi connectivity index (χ2v) is 7.01. The van der Waals surface area contributed by atoms with Crippen molar-refractivity contribution in [3.63, 3.8) is 0 Å². The molecule has 0 radical (unpaired) electrons. The van der Waals surface area contributed by atoms with Gasteiger partial charge in [-0.15, -0.1) is 0 Å². The molecule has 2 heterocycles. The Bertz CT molecular complexity index is 676. The Balaban J connectivity index is 1.94. The average Bonchev–Trinajstić information content (AvgIpc) is 2.98. The van der Waals surface area contributed by atoms with Crippen LogP contribution in [0.1, 0.15) is 26.7 Å². The lowest BCUT2D eigenvalue weighted by Gasteiger charge is -2.43. The van der Waals surface area contributed by atoms with Gasteiger partial charge in [0.15, 0.2) is 0 Å². The number of hydrogen-bond donors (Lipinski definition) is 1. The largest absolute Gasteiger partial charge is 0.467 e. The van der Waals surface area contributed by atoms with Gasteiger partial charge in [0.2, 0.25) is 5.91 Å². The minimum atomic E-state index is -0.531. The van der Waals surface area contributed by atoms with Crippen molar-refractivity contribution in [3.05, 3.63) is 30.3 Å². The maximum Gasteiger partial charge on any atom is 0.328 e. The molecule has 2 unspecified atom stereocenters. The molecule has 1 N–H and O–H groups in total. The summed E-state index contributed by atoms with van der Waals surface area (Å²) >= 11 is 0. The van der Waals surface area contributed by atoms with Crippen LogP contribution in [0.3, 0.4) is 0 Å². The summed E-state index contributed by atoms with van der Waals surface area (Å²) in [6.45, 7) is 4.43. The predicted molar refractivity (Wildman–Crippen MR) is 96.7 cm³/mol. The van der Waals surface area contributed by atoms with Crippen LogP contribution in [0.15, 0.2) is 35.3 Å². The SMILES string of the molecule is COC(=O)[C@@H]1CC[C@]2(C)C(C)C=NCC(Nc3ccccc3)C(=O)N12. The molecule has 1 aromatic carbocycles. The highest BCUT2D eigenvalue weighted by Crippen LogP contribution is 2.40. The first kappa shape index (κ1) is 17.5. The number of hydrogen-bond acceptors (Lipinski definition) is 5. The summed E-state index contributed by atoms with van der Waals surface area (Å²) in [5.41, 5.74) is 0.427. The van der Waals surface area contributed by atoms with Crippen molar-refractivity contribution < 1.29 is 14.3 Å². The van der Waals surface area contributed by atoms with Gasteiger partial charge in [0, 0.05) is 23.4 Å². The second-order valence-electron chi connectivity index (χ2n) is 7.01. The highest BCUT2D eigenvalue weighted by Gasteiger charge is 2.53. The first-order valence-corrected chi connectivity index (χ1v) is 8.70. The molecule has 0 aromatic heterocycles. The lowest BCUT2D eigenvalue weighted by Crippen LogP contribution is -2.60. The quantitative estimate of drug-likeness (QED) is 0.854. The maximum atomic E-state index is 13.3. The predicted octanol–water partition coefficient (Wildman–Crippen LogP) is 2.11. The van der Waals surface area contributed by atoms with Crippen molar-refractivity contribution in [3.8, 4) is 0 Å². The fourth-order valence-electron chi connectivity index (χ4n) is 3.82. The number of benzene rings is 1.